The third-order valence-corrected chi connectivity index (χ3v) is 4.29. The summed E-state index contributed by atoms with van der Waals surface area (Å²) >= 11 is 1.60. The van der Waals surface area contributed by atoms with Gasteiger partial charge in [0.25, 0.3) is 5.56 Å². The SMILES string of the molecule is O=c1c2ccncc2ncn1Cc1nc2ccccc2s1. The largest absolute Gasteiger partial charge is 0.292 e. The molecule has 0 bridgehead atoms. The van der Waals surface area contributed by atoms with E-state index in [1.807, 2.05) is 24.3 Å². The van der Waals surface area contributed by atoms with Crippen molar-refractivity contribution >= 4 is 32.5 Å². The van der Waals surface area contributed by atoms with Crippen LogP contribution >= 0.6 is 11.3 Å². The summed E-state index contributed by atoms with van der Waals surface area (Å²) in [5.74, 6) is 0. The van der Waals surface area contributed by atoms with E-state index in [-0.39, 0.29) is 5.56 Å². The fourth-order valence-electron chi connectivity index (χ4n) is 2.25. The third kappa shape index (κ3) is 2.09. The first-order valence-electron chi connectivity index (χ1n) is 6.45. The summed E-state index contributed by atoms with van der Waals surface area (Å²) in [6.07, 6.45) is 4.75. The van der Waals surface area contributed by atoms with Crippen LogP contribution in [0.15, 0.2) is 53.8 Å². The molecule has 0 aliphatic carbocycles. The number of fused-ring (bicyclic) bond motifs is 2. The van der Waals surface area contributed by atoms with Crippen molar-refractivity contribution in [1.29, 1.82) is 0 Å². The van der Waals surface area contributed by atoms with E-state index < -0.39 is 0 Å². The van der Waals surface area contributed by atoms with Gasteiger partial charge in [-0.1, -0.05) is 12.1 Å². The molecule has 0 fully saturated rings. The number of thiazole rings is 1. The second-order valence-corrected chi connectivity index (χ2v) is 5.76. The van der Waals surface area contributed by atoms with Crippen molar-refractivity contribution in [3.8, 4) is 0 Å². The smallest absolute Gasteiger partial charge is 0.261 e. The third-order valence-electron chi connectivity index (χ3n) is 3.27. The van der Waals surface area contributed by atoms with Crippen molar-refractivity contribution in [1.82, 2.24) is 19.5 Å². The second-order valence-electron chi connectivity index (χ2n) is 4.65. The number of aromatic nitrogens is 4. The topological polar surface area (TPSA) is 60.7 Å². The lowest BCUT2D eigenvalue weighted by atomic mass is 10.3. The van der Waals surface area contributed by atoms with Crippen LogP contribution in [0.1, 0.15) is 5.01 Å². The van der Waals surface area contributed by atoms with Gasteiger partial charge in [-0.05, 0) is 18.2 Å². The predicted molar refractivity (Wildman–Crippen MR) is 82.5 cm³/mol. The molecule has 3 aromatic heterocycles. The Labute approximate surface area is 123 Å². The normalized spacial score (nSPS) is 11.2. The molecule has 0 N–H and O–H groups in total. The van der Waals surface area contributed by atoms with E-state index >= 15 is 0 Å². The Morgan fingerprint density at radius 2 is 2.05 bits per heavy atom. The standard InChI is InChI=1S/C15H10N4OS/c20-15-10-5-6-16-7-12(10)17-9-19(15)8-14-18-11-3-1-2-4-13(11)21-14/h1-7,9H,8H2. The highest BCUT2D eigenvalue weighted by Gasteiger charge is 2.07. The van der Waals surface area contributed by atoms with Crippen LogP contribution in [0, 0.1) is 0 Å². The van der Waals surface area contributed by atoms with Crippen molar-refractivity contribution in [2.75, 3.05) is 0 Å². The maximum Gasteiger partial charge on any atom is 0.261 e. The number of para-hydroxylation sites is 1. The van der Waals surface area contributed by atoms with E-state index in [1.165, 1.54) is 0 Å². The molecule has 0 unspecified atom stereocenters. The molecule has 0 atom stereocenters. The van der Waals surface area contributed by atoms with Crippen molar-refractivity contribution < 1.29 is 0 Å². The molecule has 0 spiro atoms. The fourth-order valence-corrected chi connectivity index (χ4v) is 3.22. The molecule has 0 aliphatic rings. The van der Waals surface area contributed by atoms with Crippen LogP contribution < -0.4 is 5.56 Å². The predicted octanol–water partition coefficient (Wildman–Crippen LogP) is 2.45. The zero-order chi connectivity index (χ0) is 14.2. The van der Waals surface area contributed by atoms with Gasteiger partial charge in [0.05, 0.1) is 40.2 Å². The molecule has 3 heterocycles. The molecule has 0 amide bonds. The van der Waals surface area contributed by atoms with Gasteiger partial charge in [-0.15, -0.1) is 11.3 Å². The van der Waals surface area contributed by atoms with Crippen LogP contribution in [0.2, 0.25) is 0 Å². The van der Waals surface area contributed by atoms with Gasteiger partial charge in [-0.25, -0.2) is 9.97 Å². The van der Waals surface area contributed by atoms with E-state index in [1.54, 1.807) is 40.7 Å². The average Bonchev–Trinajstić information content (AvgIpc) is 2.93. The van der Waals surface area contributed by atoms with Gasteiger partial charge in [0.2, 0.25) is 0 Å². The highest BCUT2D eigenvalue weighted by atomic mass is 32.1. The molecule has 0 saturated heterocycles. The highest BCUT2D eigenvalue weighted by molar-refractivity contribution is 7.18. The van der Waals surface area contributed by atoms with Crippen LogP contribution in [0.5, 0.6) is 0 Å². The van der Waals surface area contributed by atoms with Crippen LogP contribution in [-0.2, 0) is 6.54 Å². The van der Waals surface area contributed by atoms with Gasteiger partial charge in [0.1, 0.15) is 5.01 Å². The van der Waals surface area contributed by atoms with Crippen LogP contribution in [0.4, 0.5) is 0 Å². The van der Waals surface area contributed by atoms with Crippen molar-refractivity contribution in [2.24, 2.45) is 0 Å². The van der Waals surface area contributed by atoms with E-state index in [0.717, 1.165) is 15.2 Å². The Morgan fingerprint density at radius 1 is 1.14 bits per heavy atom. The molecule has 21 heavy (non-hydrogen) atoms. The van der Waals surface area contributed by atoms with Crippen LogP contribution in [0.25, 0.3) is 21.1 Å². The summed E-state index contributed by atoms with van der Waals surface area (Å²) < 4.78 is 2.71. The van der Waals surface area contributed by atoms with Gasteiger partial charge in [0.15, 0.2) is 0 Å². The average molecular weight is 294 g/mol. The summed E-state index contributed by atoms with van der Waals surface area (Å²) in [6.45, 7) is 0.434. The summed E-state index contributed by atoms with van der Waals surface area (Å²) in [5, 5.41) is 1.47. The summed E-state index contributed by atoms with van der Waals surface area (Å²) in [5.41, 5.74) is 1.51. The zero-order valence-corrected chi connectivity index (χ0v) is 11.7. The van der Waals surface area contributed by atoms with Crippen LogP contribution in [-0.4, -0.2) is 19.5 Å². The van der Waals surface area contributed by atoms with Gasteiger partial charge in [0, 0.05) is 6.20 Å². The zero-order valence-electron chi connectivity index (χ0n) is 10.9. The van der Waals surface area contributed by atoms with Crippen molar-refractivity contribution in [2.45, 2.75) is 6.54 Å². The van der Waals surface area contributed by atoms with Gasteiger partial charge in [-0.2, -0.15) is 0 Å². The maximum absolute atomic E-state index is 12.4. The molecule has 102 valence electrons. The number of benzene rings is 1. The Hall–Kier alpha value is -2.60. The minimum Gasteiger partial charge on any atom is -0.292 e. The number of nitrogens with zero attached hydrogens (tertiary/aromatic N) is 4. The minimum atomic E-state index is -0.0679. The summed E-state index contributed by atoms with van der Waals surface area (Å²) in [6, 6.07) is 9.65. The maximum atomic E-state index is 12.4. The lowest BCUT2D eigenvalue weighted by Crippen LogP contribution is -2.21. The Balaban J connectivity index is 1.80. The first-order valence-corrected chi connectivity index (χ1v) is 7.26. The summed E-state index contributed by atoms with van der Waals surface area (Å²) in [7, 11) is 0. The lowest BCUT2D eigenvalue weighted by Gasteiger charge is -2.03. The summed E-state index contributed by atoms with van der Waals surface area (Å²) in [4.78, 5) is 25.2. The quantitative estimate of drug-likeness (QED) is 0.570. The molecule has 0 radical (unpaired) electrons. The van der Waals surface area contributed by atoms with E-state index in [0.29, 0.717) is 17.4 Å². The molecule has 4 rings (SSSR count). The monoisotopic (exact) mass is 294 g/mol. The molecule has 1 aromatic carbocycles. The molecular weight excluding hydrogens is 284 g/mol. The Morgan fingerprint density at radius 3 is 2.95 bits per heavy atom. The second kappa shape index (κ2) is 4.75. The van der Waals surface area contributed by atoms with Gasteiger partial charge >= 0.3 is 0 Å². The number of rotatable bonds is 2. The van der Waals surface area contributed by atoms with Crippen molar-refractivity contribution in [3.05, 3.63) is 64.4 Å². The van der Waals surface area contributed by atoms with E-state index in [4.69, 9.17) is 0 Å². The minimum absolute atomic E-state index is 0.0679. The molecule has 5 nitrogen and oxygen atoms in total. The molecule has 0 saturated carbocycles. The van der Waals surface area contributed by atoms with Crippen LogP contribution in [0.3, 0.4) is 0 Å². The number of pyridine rings is 1. The highest BCUT2D eigenvalue weighted by Crippen LogP contribution is 2.21. The Bertz CT molecular complexity index is 972. The van der Waals surface area contributed by atoms with E-state index in [9.17, 15) is 4.79 Å². The molecule has 0 aliphatic heterocycles. The lowest BCUT2D eigenvalue weighted by molar-refractivity contribution is 0.744. The number of hydrogen-bond acceptors (Lipinski definition) is 5. The fraction of sp³-hybridized carbons (Fsp3) is 0.0667. The molecule has 4 aromatic rings. The number of hydrogen-bond donors (Lipinski definition) is 0. The van der Waals surface area contributed by atoms with Crippen molar-refractivity contribution in [3.63, 3.8) is 0 Å². The van der Waals surface area contributed by atoms with E-state index in [2.05, 4.69) is 15.0 Å². The molecule has 6 heteroatoms. The molecular formula is C15H10N4OS. The Kier molecular flexibility index (Phi) is 2.75. The first kappa shape index (κ1) is 12.2. The first-order chi connectivity index (χ1) is 10.3. The van der Waals surface area contributed by atoms with Gasteiger partial charge in [-0.3, -0.25) is 14.3 Å². The van der Waals surface area contributed by atoms with Gasteiger partial charge < -0.3 is 0 Å².